The first-order valence-corrected chi connectivity index (χ1v) is 12.7. The first-order chi connectivity index (χ1) is 16.3. The van der Waals surface area contributed by atoms with Crippen LogP contribution in [0.2, 0.25) is 0 Å². The van der Waals surface area contributed by atoms with Crippen molar-refractivity contribution in [2.24, 2.45) is 5.73 Å². The Labute approximate surface area is 196 Å². The zero-order valence-electron chi connectivity index (χ0n) is 18.9. The molecule has 0 aromatic carbocycles. The van der Waals surface area contributed by atoms with Gasteiger partial charge >= 0.3 is 7.75 Å². The van der Waals surface area contributed by atoms with Crippen LogP contribution in [0.15, 0.2) is 12.7 Å². The number of unbranched alkanes of at least 4 members (excludes halogenated alkanes) is 3. The van der Waals surface area contributed by atoms with Crippen LogP contribution in [0.25, 0.3) is 11.2 Å². The van der Waals surface area contributed by atoms with Gasteiger partial charge in [0.1, 0.15) is 30.2 Å². The van der Waals surface area contributed by atoms with Gasteiger partial charge in [-0.2, -0.15) is 0 Å². The van der Waals surface area contributed by atoms with Crippen LogP contribution in [-0.4, -0.2) is 73.7 Å². The van der Waals surface area contributed by atoms with Gasteiger partial charge in [-0.1, -0.05) is 19.8 Å². The minimum atomic E-state index is -4.03. The van der Waals surface area contributed by atoms with Crippen LogP contribution in [0, 0.1) is 0 Å². The highest BCUT2D eigenvalue weighted by Crippen LogP contribution is 2.45. The molecule has 0 aliphatic carbocycles. The third kappa shape index (κ3) is 6.27. The number of imidazole rings is 1. The Kier molecular flexibility index (Phi) is 9.31. The predicted molar refractivity (Wildman–Crippen MR) is 121 cm³/mol. The number of carbonyl (C=O) groups excluding carboxylic acids is 1. The van der Waals surface area contributed by atoms with Gasteiger partial charge in [0.2, 0.25) is 5.91 Å². The van der Waals surface area contributed by atoms with E-state index in [-0.39, 0.29) is 18.8 Å². The Bertz CT molecular complexity index is 1010. The van der Waals surface area contributed by atoms with Crippen molar-refractivity contribution < 1.29 is 33.4 Å². The quantitative estimate of drug-likeness (QED) is 0.184. The normalized spacial score (nSPS) is 24.4. The van der Waals surface area contributed by atoms with Crippen molar-refractivity contribution in [3.8, 4) is 0 Å². The van der Waals surface area contributed by atoms with Crippen molar-refractivity contribution in [3.05, 3.63) is 12.7 Å². The van der Waals surface area contributed by atoms with Gasteiger partial charge in [0.15, 0.2) is 17.7 Å². The summed E-state index contributed by atoms with van der Waals surface area (Å²) in [6.45, 7) is 1.89. The largest absolute Gasteiger partial charge is 0.434 e. The molecule has 3 heterocycles. The summed E-state index contributed by atoms with van der Waals surface area (Å²) in [5.41, 5.74) is 11.9. The van der Waals surface area contributed by atoms with Gasteiger partial charge in [-0.15, -0.1) is 0 Å². The topological polar surface area (TPSA) is 210 Å². The van der Waals surface area contributed by atoms with E-state index in [0.29, 0.717) is 24.1 Å². The van der Waals surface area contributed by atoms with E-state index in [1.807, 2.05) is 0 Å². The molecule has 0 spiro atoms. The number of aliphatic hydroxyl groups is 2. The summed E-state index contributed by atoms with van der Waals surface area (Å²) in [4.78, 5) is 24.0. The van der Waals surface area contributed by atoms with Crippen LogP contribution >= 0.6 is 7.75 Å². The molecular weight excluding hydrogens is 469 g/mol. The SMILES string of the molecule is CCC(=O)NP(=O)(OCCCCCCN)OC[C@H]1O[C@@H](n2cnc3c(N)ncnc32)[C@H](O)[C@@H]1O. The lowest BCUT2D eigenvalue weighted by Gasteiger charge is -2.22. The predicted octanol–water partition coefficient (Wildman–Crippen LogP) is 0.214. The Hall–Kier alpha value is -2.19. The number of anilines is 1. The lowest BCUT2D eigenvalue weighted by molar-refractivity contribution is -0.119. The van der Waals surface area contributed by atoms with Crippen molar-refractivity contribution in [2.75, 3.05) is 25.5 Å². The number of hydrogen-bond donors (Lipinski definition) is 5. The lowest BCUT2D eigenvalue weighted by atomic mass is 10.1. The molecule has 0 bridgehead atoms. The summed E-state index contributed by atoms with van der Waals surface area (Å²) < 4.78 is 31.1. The van der Waals surface area contributed by atoms with Crippen LogP contribution in [0.3, 0.4) is 0 Å². The average Bonchev–Trinajstić information content (AvgIpc) is 3.37. The smallest absolute Gasteiger partial charge is 0.387 e. The fourth-order valence-electron chi connectivity index (χ4n) is 3.44. The molecule has 2 aromatic rings. The molecular formula is C19H32N7O7P. The van der Waals surface area contributed by atoms with E-state index in [0.717, 1.165) is 19.3 Å². The molecule has 0 saturated carbocycles. The number of nitrogens with two attached hydrogens (primary N) is 2. The van der Waals surface area contributed by atoms with E-state index >= 15 is 0 Å². The Morgan fingerprint density at radius 2 is 1.97 bits per heavy atom. The summed E-state index contributed by atoms with van der Waals surface area (Å²) in [6.07, 6.45) is 1.03. The Morgan fingerprint density at radius 1 is 1.21 bits per heavy atom. The maximum absolute atomic E-state index is 13.1. The Morgan fingerprint density at radius 3 is 2.71 bits per heavy atom. The monoisotopic (exact) mass is 501 g/mol. The number of nitrogens with one attached hydrogen (secondary N) is 1. The number of rotatable bonds is 13. The number of carbonyl (C=O) groups is 1. The van der Waals surface area contributed by atoms with E-state index in [1.54, 1.807) is 6.92 Å². The maximum Gasteiger partial charge on any atom is 0.434 e. The van der Waals surface area contributed by atoms with Gasteiger partial charge in [0, 0.05) is 6.42 Å². The van der Waals surface area contributed by atoms with E-state index in [9.17, 15) is 19.6 Å². The molecule has 7 N–H and O–H groups in total. The number of amides is 1. The fraction of sp³-hybridized carbons (Fsp3) is 0.684. The number of ether oxygens (including phenoxy) is 1. The third-order valence-corrected chi connectivity index (χ3v) is 6.88. The summed E-state index contributed by atoms with van der Waals surface area (Å²) >= 11 is 0. The van der Waals surface area contributed by atoms with Crippen LogP contribution in [0.5, 0.6) is 0 Å². The molecule has 2 aromatic heterocycles. The van der Waals surface area contributed by atoms with Crippen molar-refractivity contribution in [1.29, 1.82) is 0 Å². The molecule has 34 heavy (non-hydrogen) atoms. The molecule has 1 aliphatic rings. The first kappa shape index (κ1) is 26.4. The maximum atomic E-state index is 13.1. The van der Waals surface area contributed by atoms with Gasteiger partial charge in [-0.25, -0.2) is 19.5 Å². The fourth-order valence-corrected chi connectivity index (χ4v) is 4.82. The molecule has 1 saturated heterocycles. The lowest BCUT2D eigenvalue weighted by Crippen LogP contribution is -2.34. The molecule has 15 heteroatoms. The summed E-state index contributed by atoms with van der Waals surface area (Å²) in [6, 6.07) is 0. The van der Waals surface area contributed by atoms with Crippen LogP contribution < -0.4 is 16.6 Å². The highest BCUT2D eigenvalue weighted by Gasteiger charge is 2.45. The second kappa shape index (κ2) is 12.0. The van der Waals surface area contributed by atoms with Crippen molar-refractivity contribution in [1.82, 2.24) is 24.6 Å². The number of nitrogen functional groups attached to an aromatic ring is 1. The van der Waals surface area contributed by atoms with Gasteiger partial charge in [-0.3, -0.25) is 23.5 Å². The second-order valence-electron chi connectivity index (χ2n) is 7.85. The van der Waals surface area contributed by atoms with E-state index in [4.69, 9.17) is 25.3 Å². The molecule has 5 atom stereocenters. The zero-order valence-corrected chi connectivity index (χ0v) is 19.8. The molecule has 1 fully saturated rings. The molecule has 1 unspecified atom stereocenters. The summed E-state index contributed by atoms with van der Waals surface area (Å²) in [7, 11) is -4.03. The molecule has 0 radical (unpaired) electrons. The van der Waals surface area contributed by atoms with Gasteiger partial charge in [0.05, 0.1) is 19.5 Å². The average molecular weight is 501 g/mol. The number of fused-ring (bicyclic) bond motifs is 1. The summed E-state index contributed by atoms with van der Waals surface area (Å²) in [5, 5.41) is 23.3. The van der Waals surface area contributed by atoms with Crippen LogP contribution in [-0.2, 0) is 23.1 Å². The van der Waals surface area contributed by atoms with E-state index < -0.39 is 44.8 Å². The van der Waals surface area contributed by atoms with Crippen LogP contribution in [0.4, 0.5) is 5.82 Å². The minimum absolute atomic E-state index is 0.0786. The van der Waals surface area contributed by atoms with E-state index in [1.165, 1.54) is 17.2 Å². The highest BCUT2D eigenvalue weighted by molar-refractivity contribution is 7.52. The zero-order chi connectivity index (χ0) is 24.7. The third-order valence-electron chi connectivity index (χ3n) is 5.35. The second-order valence-corrected chi connectivity index (χ2v) is 9.58. The first-order valence-electron chi connectivity index (χ1n) is 11.1. The number of aromatic nitrogens is 4. The van der Waals surface area contributed by atoms with Gasteiger partial charge < -0.3 is 26.4 Å². The molecule has 190 valence electrons. The number of hydrogen-bond acceptors (Lipinski definition) is 12. The standard InChI is InChI=1S/C19H32N7O7P/c1-2-13(27)25-34(30,31-8-6-4-3-5-7-20)32-9-12-15(28)16(29)19(33-12)26-11-24-14-17(21)22-10-23-18(14)26/h10-12,15-16,19,28-29H,2-9,20H2,1H3,(H2,21,22,23)(H,25,27,30)/t12-,15-,16-,19-,34?/m1/s1. The number of aliphatic hydroxyl groups excluding tert-OH is 2. The minimum Gasteiger partial charge on any atom is -0.387 e. The molecule has 3 rings (SSSR count). The molecule has 1 aliphatic heterocycles. The van der Waals surface area contributed by atoms with Gasteiger partial charge in [0.25, 0.3) is 0 Å². The van der Waals surface area contributed by atoms with Crippen molar-refractivity contribution >= 4 is 30.6 Å². The summed E-state index contributed by atoms with van der Waals surface area (Å²) in [5.74, 6) is -0.358. The van der Waals surface area contributed by atoms with Crippen LogP contribution in [0.1, 0.15) is 45.3 Å². The van der Waals surface area contributed by atoms with Crippen molar-refractivity contribution in [2.45, 2.75) is 63.6 Å². The highest BCUT2D eigenvalue weighted by atomic mass is 31.2. The Balaban J connectivity index is 1.64. The van der Waals surface area contributed by atoms with Crippen molar-refractivity contribution in [3.63, 3.8) is 0 Å². The molecule has 1 amide bonds. The van der Waals surface area contributed by atoms with Gasteiger partial charge in [-0.05, 0) is 19.4 Å². The molecule has 14 nitrogen and oxygen atoms in total. The van der Waals surface area contributed by atoms with E-state index in [2.05, 4.69) is 20.0 Å². The number of nitrogens with zero attached hydrogens (tertiary/aromatic N) is 4.